The first-order valence-electron chi connectivity index (χ1n) is 7.29. The van der Waals surface area contributed by atoms with Gasteiger partial charge in [-0.1, -0.05) is 30.9 Å². The highest BCUT2D eigenvalue weighted by atomic mass is 35.5. The number of aromatic nitrogens is 1. The summed E-state index contributed by atoms with van der Waals surface area (Å²) >= 11 is 6.21. The predicted octanol–water partition coefficient (Wildman–Crippen LogP) is 3.45. The minimum absolute atomic E-state index is 0.145. The van der Waals surface area contributed by atoms with Crippen LogP contribution in [-0.4, -0.2) is 29.1 Å². The Hall–Kier alpha value is -1.29. The van der Waals surface area contributed by atoms with Crippen LogP contribution >= 0.6 is 11.6 Å². The van der Waals surface area contributed by atoms with Crippen LogP contribution in [0.15, 0.2) is 12.3 Å². The summed E-state index contributed by atoms with van der Waals surface area (Å²) in [6, 6.07) is 1.50. The van der Waals surface area contributed by atoms with Gasteiger partial charge in [0, 0.05) is 19.3 Å². The third-order valence-electron chi connectivity index (χ3n) is 4.66. The van der Waals surface area contributed by atoms with Crippen molar-refractivity contribution >= 4 is 23.4 Å². The number of hydrogen-bond acceptors (Lipinski definition) is 3. The lowest BCUT2D eigenvalue weighted by atomic mass is 9.75. The summed E-state index contributed by atoms with van der Waals surface area (Å²) < 4.78 is 0. The normalized spacial score (nSPS) is 26.1. The number of carboxylic acid groups (broad SMARTS) is 1. The zero-order valence-corrected chi connectivity index (χ0v) is 12.1. The molecule has 2 heterocycles. The minimum Gasteiger partial charge on any atom is -0.478 e. The number of halogens is 1. The fourth-order valence-corrected chi connectivity index (χ4v) is 3.86. The zero-order valence-electron chi connectivity index (χ0n) is 11.4. The molecule has 0 radical (unpaired) electrons. The number of fused-ring (bicyclic) bond motifs is 1. The fourth-order valence-electron chi connectivity index (χ4n) is 3.57. The Balaban J connectivity index is 1.78. The summed E-state index contributed by atoms with van der Waals surface area (Å²) in [5.41, 5.74) is 0.145. The molecule has 108 valence electrons. The molecule has 1 aromatic heterocycles. The number of hydrogen-bond donors (Lipinski definition) is 1. The Bertz CT molecular complexity index is 521. The second kappa shape index (κ2) is 5.60. The number of rotatable bonds is 2. The van der Waals surface area contributed by atoms with Gasteiger partial charge in [0.2, 0.25) is 0 Å². The van der Waals surface area contributed by atoms with Crippen molar-refractivity contribution < 1.29 is 9.90 Å². The van der Waals surface area contributed by atoms with Gasteiger partial charge in [-0.25, -0.2) is 9.78 Å². The van der Waals surface area contributed by atoms with Crippen LogP contribution in [0, 0.1) is 11.8 Å². The maximum absolute atomic E-state index is 10.9. The van der Waals surface area contributed by atoms with E-state index in [1.165, 1.54) is 44.4 Å². The highest BCUT2D eigenvalue weighted by Gasteiger charge is 2.32. The van der Waals surface area contributed by atoms with Gasteiger partial charge in [0.05, 0.1) is 10.6 Å². The van der Waals surface area contributed by atoms with Crippen molar-refractivity contribution in [3.63, 3.8) is 0 Å². The van der Waals surface area contributed by atoms with Gasteiger partial charge in [0.15, 0.2) is 0 Å². The minimum atomic E-state index is -0.989. The number of nitrogens with zero attached hydrogens (tertiary/aromatic N) is 2. The van der Waals surface area contributed by atoms with Crippen molar-refractivity contribution in [1.82, 2.24) is 4.98 Å². The van der Waals surface area contributed by atoms with Crippen LogP contribution in [0.1, 0.15) is 42.5 Å². The molecule has 1 saturated carbocycles. The van der Waals surface area contributed by atoms with Gasteiger partial charge in [-0.3, -0.25) is 0 Å². The van der Waals surface area contributed by atoms with E-state index in [9.17, 15) is 4.79 Å². The number of aromatic carboxylic acids is 1. The van der Waals surface area contributed by atoms with Gasteiger partial charge in [0.1, 0.15) is 5.82 Å². The van der Waals surface area contributed by atoms with Crippen molar-refractivity contribution in [2.24, 2.45) is 11.8 Å². The lowest BCUT2D eigenvalue weighted by molar-refractivity contribution is 0.0696. The average molecular weight is 295 g/mol. The molecule has 5 heteroatoms. The van der Waals surface area contributed by atoms with Crippen molar-refractivity contribution in [2.45, 2.75) is 32.1 Å². The largest absolute Gasteiger partial charge is 0.478 e. The Kier molecular flexibility index (Phi) is 3.83. The van der Waals surface area contributed by atoms with E-state index in [1.807, 2.05) is 0 Å². The number of carboxylic acids is 1. The highest BCUT2D eigenvalue weighted by Crippen LogP contribution is 2.38. The van der Waals surface area contributed by atoms with Crippen LogP contribution in [0.5, 0.6) is 0 Å². The van der Waals surface area contributed by atoms with Gasteiger partial charge < -0.3 is 10.0 Å². The molecule has 1 saturated heterocycles. The Morgan fingerprint density at radius 1 is 1.30 bits per heavy atom. The Labute approximate surface area is 123 Å². The maximum Gasteiger partial charge on any atom is 0.337 e. The van der Waals surface area contributed by atoms with E-state index in [0.29, 0.717) is 5.02 Å². The molecule has 20 heavy (non-hydrogen) atoms. The van der Waals surface area contributed by atoms with Gasteiger partial charge in [-0.15, -0.1) is 0 Å². The predicted molar refractivity (Wildman–Crippen MR) is 78.5 cm³/mol. The van der Waals surface area contributed by atoms with Crippen LogP contribution in [0.2, 0.25) is 5.02 Å². The lowest BCUT2D eigenvalue weighted by Crippen LogP contribution is -2.42. The second-order valence-electron chi connectivity index (χ2n) is 5.87. The van der Waals surface area contributed by atoms with E-state index in [0.717, 1.165) is 30.7 Å². The molecule has 4 nitrogen and oxygen atoms in total. The average Bonchev–Trinajstić information content (AvgIpc) is 2.46. The van der Waals surface area contributed by atoms with Crippen LogP contribution in [-0.2, 0) is 0 Å². The van der Waals surface area contributed by atoms with Gasteiger partial charge in [-0.05, 0) is 30.7 Å². The smallest absolute Gasteiger partial charge is 0.337 e. The summed E-state index contributed by atoms with van der Waals surface area (Å²) in [5, 5.41) is 9.40. The monoisotopic (exact) mass is 294 g/mol. The lowest BCUT2D eigenvalue weighted by Gasteiger charge is -2.42. The van der Waals surface area contributed by atoms with Crippen LogP contribution in [0.4, 0.5) is 5.82 Å². The van der Waals surface area contributed by atoms with Crippen LogP contribution in [0.3, 0.4) is 0 Å². The molecule has 1 N–H and O–H groups in total. The Morgan fingerprint density at radius 3 is 2.75 bits per heavy atom. The molecule has 1 aliphatic carbocycles. The standard InChI is InChI=1S/C15H19ClN2O2/c16-13-7-12(15(19)20)8-17-14(13)18-6-5-10-3-1-2-4-11(10)9-18/h7-8,10-11H,1-6,9H2,(H,19,20). The fraction of sp³-hybridized carbons (Fsp3) is 0.600. The number of pyridine rings is 1. The van der Waals surface area contributed by atoms with E-state index in [4.69, 9.17) is 16.7 Å². The molecule has 3 rings (SSSR count). The Morgan fingerprint density at radius 2 is 2.05 bits per heavy atom. The molecule has 2 unspecified atom stereocenters. The molecule has 1 aliphatic heterocycles. The van der Waals surface area contributed by atoms with E-state index in [1.54, 1.807) is 0 Å². The van der Waals surface area contributed by atoms with E-state index in [-0.39, 0.29) is 5.56 Å². The first-order chi connectivity index (χ1) is 9.65. The molecule has 0 aromatic carbocycles. The van der Waals surface area contributed by atoms with Crippen molar-refractivity contribution in [1.29, 1.82) is 0 Å². The van der Waals surface area contributed by atoms with Crippen LogP contribution < -0.4 is 4.90 Å². The third-order valence-corrected chi connectivity index (χ3v) is 4.94. The summed E-state index contributed by atoms with van der Waals surface area (Å²) in [5.74, 6) is 1.35. The third kappa shape index (κ3) is 2.62. The van der Waals surface area contributed by atoms with Gasteiger partial charge in [0.25, 0.3) is 0 Å². The molecule has 2 fully saturated rings. The first-order valence-corrected chi connectivity index (χ1v) is 7.66. The van der Waals surface area contributed by atoms with Gasteiger partial charge >= 0.3 is 5.97 Å². The summed E-state index contributed by atoms with van der Waals surface area (Å²) in [6.07, 6.45) is 7.95. The van der Waals surface area contributed by atoms with Gasteiger partial charge in [-0.2, -0.15) is 0 Å². The topological polar surface area (TPSA) is 53.4 Å². The summed E-state index contributed by atoms with van der Waals surface area (Å²) in [7, 11) is 0. The number of piperidine rings is 1. The first kappa shape index (κ1) is 13.7. The quantitative estimate of drug-likeness (QED) is 0.908. The SMILES string of the molecule is O=C(O)c1cnc(N2CCC3CCCCC3C2)c(Cl)c1. The maximum atomic E-state index is 10.9. The number of anilines is 1. The van der Waals surface area contributed by atoms with Crippen molar-refractivity contribution in [3.8, 4) is 0 Å². The molecule has 0 bridgehead atoms. The van der Waals surface area contributed by atoms with Crippen LogP contribution in [0.25, 0.3) is 0 Å². The molecule has 2 aliphatic rings. The summed E-state index contributed by atoms with van der Waals surface area (Å²) in [6.45, 7) is 1.98. The number of carbonyl (C=O) groups is 1. The molecular formula is C15H19ClN2O2. The molecule has 2 atom stereocenters. The molecule has 0 amide bonds. The molecular weight excluding hydrogens is 276 g/mol. The van der Waals surface area contributed by atoms with E-state index in [2.05, 4.69) is 9.88 Å². The molecule has 1 aromatic rings. The summed E-state index contributed by atoms with van der Waals surface area (Å²) in [4.78, 5) is 17.4. The molecule has 0 spiro atoms. The van der Waals surface area contributed by atoms with E-state index >= 15 is 0 Å². The van der Waals surface area contributed by atoms with Crippen molar-refractivity contribution in [2.75, 3.05) is 18.0 Å². The zero-order chi connectivity index (χ0) is 14.1. The van der Waals surface area contributed by atoms with Crippen molar-refractivity contribution in [3.05, 3.63) is 22.8 Å². The highest BCUT2D eigenvalue weighted by molar-refractivity contribution is 6.33. The second-order valence-corrected chi connectivity index (χ2v) is 6.28. The van der Waals surface area contributed by atoms with E-state index < -0.39 is 5.97 Å².